The second-order valence-corrected chi connectivity index (χ2v) is 4.92. The first-order valence-corrected chi connectivity index (χ1v) is 6.31. The van der Waals surface area contributed by atoms with E-state index >= 15 is 0 Å². The first-order valence-electron chi connectivity index (χ1n) is 6.31. The standard InChI is InChI=1S/C15H23FN2/c1-6-18(9-10(2)3)15-7-11(4)14(16)8-13(15)12(5)17/h7-8,12H,2,6,9,17H2,1,3-5H3/t12-/m1/s1. The Hall–Kier alpha value is -1.35. The highest BCUT2D eigenvalue weighted by Crippen LogP contribution is 2.28. The van der Waals surface area contributed by atoms with E-state index in [0.29, 0.717) is 5.56 Å². The van der Waals surface area contributed by atoms with Crippen LogP contribution in [0.1, 0.15) is 37.9 Å². The number of nitrogens with two attached hydrogens (primary N) is 1. The molecule has 0 spiro atoms. The van der Waals surface area contributed by atoms with Gasteiger partial charge in [-0.25, -0.2) is 4.39 Å². The van der Waals surface area contributed by atoms with Gasteiger partial charge in [-0.1, -0.05) is 12.2 Å². The molecule has 0 saturated heterocycles. The Balaban J connectivity index is 3.26. The van der Waals surface area contributed by atoms with Crippen molar-refractivity contribution in [1.29, 1.82) is 0 Å². The zero-order valence-corrected chi connectivity index (χ0v) is 11.8. The third-order valence-corrected chi connectivity index (χ3v) is 2.98. The van der Waals surface area contributed by atoms with E-state index in [1.165, 1.54) is 0 Å². The maximum absolute atomic E-state index is 13.7. The molecule has 1 aromatic carbocycles. The quantitative estimate of drug-likeness (QED) is 0.810. The molecular weight excluding hydrogens is 227 g/mol. The van der Waals surface area contributed by atoms with E-state index in [1.54, 1.807) is 13.0 Å². The number of hydrogen-bond acceptors (Lipinski definition) is 2. The Kier molecular flexibility index (Phi) is 4.91. The smallest absolute Gasteiger partial charge is 0.126 e. The maximum atomic E-state index is 13.7. The molecule has 0 fully saturated rings. The van der Waals surface area contributed by atoms with E-state index < -0.39 is 0 Å². The van der Waals surface area contributed by atoms with E-state index in [1.807, 2.05) is 19.9 Å². The van der Waals surface area contributed by atoms with Crippen molar-refractivity contribution in [2.75, 3.05) is 18.0 Å². The van der Waals surface area contributed by atoms with Crippen molar-refractivity contribution in [3.05, 3.63) is 41.2 Å². The number of nitrogens with zero attached hydrogens (tertiary/aromatic N) is 1. The lowest BCUT2D eigenvalue weighted by Gasteiger charge is -2.27. The van der Waals surface area contributed by atoms with Gasteiger partial charge in [-0.15, -0.1) is 0 Å². The van der Waals surface area contributed by atoms with Crippen LogP contribution in [0.15, 0.2) is 24.3 Å². The summed E-state index contributed by atoms with van der Waals surface area (Å²) in [6.07, 6.45) is 0. The second kappa shape index (κ2) is 6.01. The number of rotatable bonds is 5. The topological polar surface area (TPSA) is 29.3 Å². The van der Waals surface area contributed by atoms with Crippen LogP contribution in [-0.4, -0.2) is 13.1 Å². The summed E-state index contributed by atoms with van der Waals surface area (Å²) in [5, 5.41) is 0. The summed E-state index contributed by atoms with van der Waals surface area (Å²) in [7, 11) is 0. The lowest BCUT2D eigenvalue weighted by atomic mass is 10.0. The van der Waals surface area contributed by atoms with Gasteiger partial charge in [-0.3, -0.25) is 0 Å². The predicted octanol–water partition coefficient (Wildman–Crippen LogP) is 3.56. The van der Waals surface area contributed by atoms with Crippen LogP contribution in [0.25, 0.3) is 0 Å². The molecule has 0 aromatic heterocycles. The highest BCUT2D eigenvalue weighted by molar-refractivity contribution is 5.57. The van der Waals surface area contributed by atoms with Crippen LogP contribution < -0.4 is 10.6 Å². The Labute approximate surface area is 109 Å². The minimum atomic E-state index is -0.197. The van der Waals surface area contributed by atoms with Crippen molar-refractivity contribution >= 4 is 5.69 Å². The van der Waals surface area contributed by atoms with Crippen LogP contribution in [0.3, 0.4) is 0 Å². The van der Waals surface area contributed by atoms with E-state index in [9.17, 15) is 4.39 Å². The minimum absolute atomic E-state index is 0.186. The zero-order valence-electron chi connectivity index (χ0n) is 11.8. The van der Waals surface area contributed by atoms with Crippen molar-refractivity contribution in [1.82, 2.24) is 0 Å². The Bertz CT molecular complexity index is 438. The number of benzene rings is 1. The molecule has 0 heterocycles. The predicted molar refractivity (Wildman–Crippen MR) is 76.4 cm³/mol. The number of halogens is 1. The fraction of sp³-hybridized carbons (Fsp3) is 0.467. The number of aryl methyl sites for hydroxylation is 1. The van der Waals surface area contributed by atoms with Gasteiger partial charge in [0.05, 0.1) is 0 Å². The summed E-state index contributed by atoms with van der Waals surface area (Å²) >= 11 is 0. The molecule has 0 unspecified atom stereocenters. The third kappa shape index (κ3) is 3.33. The van der Waals surface area contributed by atoms with E-state index in [2.05, 4.69) is 18.4 Å². The van der Waals surface area contributed by atoms with Crippen LogP contribution in [0.5, 0.6) is 0 Å². The van der Waals surface area contributed by atoms with Crippen molar-refractivity contribution in [3.8, 4) is 0 Å². The summed E-state index contributed by atoms with van der Waals surface area (Å²) in [6, 6.07) is 3.24. The van der Waals surface area contributed by atoms with Crippen LogP contribution in [0, 0.1) is 12.7 Å². The van der Waals surface area contributed by atoms with E-state index in [-0.39, 0.29) is 11.9 Å². The highest BCUT2D eigenvalue weighted by atomic mass is 19.1. The monoisotopic (exact) mass is 250 g/mol. The molecule has 18 heavy (non-hydrogen) atoms. The summed E-state index contributed by atoms with van der Waals surface area (Å²) in [5.74, 6) is -0.197. The van der Waals surface area contributed by atoms with Gasteiger partial charge in [0.15, 0.2) is 0 Å². The molecule has 1 rings (SSSR count). The van der Waals surface area contributed by atoms with Gasteiger partial charge in [-0.05, 0) is 51.0 Å². The summed E-state index contributed by atoms with van der Waals surface area (Å²) < 4.78 is 13.7. The van der Waals surface area contributed by atoms with Crippen LogP contribution in [0.2, 0.25) is 0 Å². The molecule has 1 aromatic rings. The SMILES string of the molecule is C=C(C)CN(CC)c1cc(C)c(F)cc1[C@@H](C)N. The zero-order chi connectivity index (χ0) is 13.9. The van der Waals surface area contributed by atoms with Gasteiger partial charge >= 0.3 is 0 Å². The molecule has 0 radical (unpaired) electrons. The van der Waals surface area contributed by atoms with Gasteiger partial charge in [0.25, 0.3) is 0 Å². The number of anilines is 1. The normalized spacial score (nSPS) is 12.3. The molecule has 0 amide bonds. The number of hydrogen-bond donors (Lipinski definition) is 1. The van der Waals surface area contributed by atoms with Crippen LogP contribution >= 0.6 is 0 Å². The fourth-order valence-electron chi connectivity index (χ4n) is 2.01. The molecule has 2 N–H and O–H groups in total. The largest absolute Gasteiger partial charge is 0.368 e. The molecule has 0 aliphatic rings. The van der Waals surface area contributed by atoms with Crippen LogP contribution in [-0.2, 0) is 0 Å². The Morgan fingerprint density at radius 2 is 2.11 bits per heavy atom. The summed E-state index contributed by atoms with van der Waals surface area (Å²) in [4.78, 5) is 2.17. The van der Waals surface area contributed by atoms with E-state index in [4.69, 9.17) is 5.73 Å². The summed E-state index contributed by atoms with van der Waals surface area (Å²) in [5.41, 5.74) is 9.52. The molecule has 100 valence electrons. The lowest BCUT2D eigenvalue weighted by Crippen LogP contribution is -2.27. The first-order chi connectivity index (χ1) is 8.36. The Morgan fingerprint density at radius 3 is 2.56 bits per heavy atom. The lowest BCUT2D eigenvalue weighted by molar-refractivity contribution is 0.612. The molecule has 0 aliphatic heterocycles. The minimum Gasteiger partial charge on any atom is -0.368 e. The molecule has 2 nitrogen and oxygen atoms in total. The van der Waals surface area contributed by atoms with Crippen LogP contribution in [0.4, 0.5) is 10.1 Å². The average molecular weight is 250 g/mol. The average Bonchev–Trinajstić information content (AvgIpc) is 2.28. The molecule has 3 heteroatoms. The van der Waals surface area contributed by atoms with Gasteiger partial charge in [0, 0.05) is 24.8 Å². The van der Waals surface area contributed by atoms with Gasteiger partial charge in [-0.2, -0.15) is 0 Å². The van der Waals surface area contributed by atoms with Crippen molar-refractivity contribution < 1.29 is 4.39 Å². The van der Waals surface area contributed by atoms with E-state index in [0.717, 1.165) is 29.9 Å². The van der Waals surface area contributed by atoms with Gasteiger partial charge in [0.2, 0.25) is 0 Å². The van der Waals surface area contributed by atoms with Crippen molar-refractivity contribution in [2.45, 2.75) is 33.7 Å². The fourth-order valence-corrected chi connectivity index (χ4v) is 2.01. The van der Waals surface area contributed by atoms with Gasteiger partial charge < -0.3 is 10.6 Å². The molecule has 0 aliphatic carbocycles. The molecule has 1 atom stereocenters. The summed E-state index contributed by atoms with van der Waals surface area (Å²) in [6.45, 7) is 13.3. The second-order valence-electron chi connectivity index (χ2n) is 4.92. The third-order valence-electron chi connectivity index (χ3n) is 2.98. The Morgan fingerprint density at radius 1 is 1.50 bits per heavy atom. The number of likely N-dealkylation sites (N-methyl/N-ethyl adjacent to an activating group) is 1. The van der Waals surface area contributed by atoms with Crippen molar-refractivity contribution in [3.63, 3.8) is 0 Å². The highest BCUT2D eigenvalue weighted by Gasteiger charge is 2.15. The maximum Gasteiger partial charge on any atom is 0.126 e. The molecule has 0 saturated carbocycles. The molecule has 0 bridgehead atoms. The molecular formula is C15H23FN2. The first kappa shape index (κ1) is 14.7. The van der Waals surface area contributed by atoms with Gasteiger partial charge in [0.1, 0.15) is 5.82 Å². The van der Waals surface area contributed by atoms with Crippen molar-refractivity contribution in [2.24, 2.45) is 5.73 Å².